The summed E-state index contributed by atoms with van der Waals surface area (Å²) in [7, 11) is 1.88. The van der Waals surface area contributed by atoms with Crippen molar-refractivity contribution in [1.29, 1.82) is 0 Å². The van der Waals surface area contributed by atoms with Crippen LogP contribution in [0.4, 0.5) is 10.8 Å². The molecule has 5 N–H and O–H groups in total. The van der Waals surface area contributed by atoms with E-state index in [0.717, 1.165) is 21.9 Å². The molecule has 0 spiro atoms. The van der Waals surface area contributed by atoms with E-state index in [9.17, 15) is 29.5 Å². The van der Waals surface area contributed by atoms with Crippen molar-refractivity contribution in [3.8, 4) is 0 Å². The number of nitrogens with zero attached hydrogens (tertiary/aromatic N) is 5. The van der Waals surface area contributed by atoms with Gasteiger partial charge in [-0.2, -0.15) is 0 Å². The first-order chi connectivity index (χ1) is 18.2. The highest BCUT2D eigenvalue weighted by Gasteiger charge is 2.53. The molecule has 5 rings (SSSR count). The van der Waals surface area contributed by atoms with Crippen molar-refractivity contribution < 1.29 is 34.1 Å². The number of fused-ring (bicyclic) bond motifs is 1. The van der Waals surface area contributed by atoms with Gasteiger partial charge in [0.15, 0.2) is 23.2 Å². The highest BCUT2D eigenvalue weighted by molar-refractivity contribution is 7.13. The van der Waals surface area contributed by atoms with E-state index in [0.29, 0.717) is 37.0 Å². The number of carbonyl (C=O) groups excluding carboxylic acids is 3. The van der Waals surface area contributed by atoms with Crippen LogP contribution in [-0.4, -0.2) is 68.2 Å². The van der Waals surface area contributed by atoms with Crippen LogP contribution in [-0.2, 0) is 26.2 Å². The average molecular weight is 539 g/mol. The van der Waals surface area contributed by atoms with E-state index < -0.39 is 35.6 Å². The number of hydrogen-bond acceptors (Lipinski definition) is 9. The normalized spacial score (nSPS) is 22.6. The Morgan fingerprint density at radius 1 is 1.29 bits per heavy atom. The van der Waals surface area contributed by atoms with Crippen LogP contribution in [0, 0.1) is 0 Å². The van der Waals surface area contributed by atoms with Gasteiger partial charge in [0, 0.05) is 29.6 Å². The second-order valence-corrected chi connectivity index (χ2v) is 9.95. The minimum Gasteiger partial charge on any atom is -0.477 e. The number of nitrogens with two attached hydrogens (primary N) is 1. The number of allylic oxidation sites excluding steroid dienone is 2. The van der Waals surface area contributed by atoms with Gasteiger partial charge < -0.3 is 26.3 Å². The molecule has 0 aliphatic carbocycles. The summed E-state index contributed by atoms with van der Waals surface area (Å²) in [5.41, 5.74) is 6.61. The summed E-state index contributed by atoms with van der Waals surface area (Å²) in [6.07, 6.45) is 6.36. The summed E-state index contributed by atoms with van der Waals surface area (Å²) in [5.74, 6) is -2.96. The van der Waals surface area contributed by atoms with E-state index in [1.54, 1.807) is 11.0 Å². The second-order valence-electron chi connectivity index (χ2n) is 9.06. The number of aromatic nitrogens is 2. The third kappa shape index (κ3) is 4.28. The van der Waals surface area contributed by atoms with Crippen LogP contribution in [0.15, 0.2) is 58.0 Å². The molecule has 5 heterocycles. The Kier molecular flexibility index (Phi) is 6.40. The summed E-state index contributed by atoms with van der Waals surface area (Å²) < 4.78 is 1.86. The standard InChI is InChI=1S/C24H23N7O6S/c1-29-7-5-14(6-8-29)30-9-4-13(21(30)33)10-12-2-3-16-18(22(34)31(16)19(12)23(35)36)27-20(32)17(28-37)15-11-38-24(25)26-15/h5-8,10-11,16,18H,2-4,9H2,1H3,(H4-,25,26,27,32,35,36,37)/p+1/b13-10+/t16-,18+/m1/s1. The maximum atomic E-state index is 13.1. The van der Waals surface area contributed by atoms with Crippen molar-refractivity contribution in [3.63, 3.8) is 0 Å². The van der Waals surface area contributed by atoms with Gasteiger partial charge in [0.05, 0.1) is 11.7 Å². The monoisotopic (exact) mass is 538 g/mol. The Labute approximate surface area is 220 Å². The Bertz CT molecular complexity index is 1440. The van der Waals surface area contributed by atoms with E-state index in [1.165, 1.54) is 5.38 Å². The predicted molar refractivity (Wildman–Crippen MR) is 134 cm³/mol. The van der Waals surface area contributed by atoms with Crippen molar-refractivity contribution in [2.45, 2.75) is 31.3 Å². The molecule has 3 aliphatic heterocycles. The van der Waals surface area contributed by atoms with E-state index >= 15 is 0 Å². The van der Waals surface area contributed by atoms with Crippen molar-refractivity contribution in [2.75, 3.05) is 17.2 Å². The topological polar surface area (TPSA) is 182 Å². The SMILES string of the molecule is C[n+]1ccc(N2CC/C(=C\C3=C(C(=O)O)N4C(=O)[C@@H](NC(=O)/C(=N\O)c5csc(N)n5)[C@H]4CC3)C2=O)cc1. The zero-order valence-electron chi connectivity index (χ0n) is 20.2. The van der Waals surface area contributed by atoms with Gasteiger partial charge in [-0.15, -0.1) is 11.3 Å². The lowest BCUT2D eigenvalue weighted by atomic mass is 9.82. The fraction of sp³-hybridized carbons (Fsp3) is 0.292. The van der Waals surface area contributed by atoms with Crippen molar-refractivity contribution in [2.24, 2.45) is 12.2 Å². The van der Waals surface area contributed by atoms with Crippen LogP contribution in [0.5, 0.6) is 0 Å². The number of nitrogen functional groups attached to an aromatic ring is 1. The maximum absolute atomic E-state index is 13.1. The summed E-state index contributed by atoms with van der Waals surface area (Å²) in [5, 5.41) is 26.4. The zero-order chi connectivity index (χ0) is 27.1. The molecular formula is C24H24N7O6S+. The molecule has 14 heteroatoms. The first kappa shape index (κ1) is 25.1. The molecule has 3 aliphatic rings. The molecular weight excluding hydrogens is 514 g/mol. The molecule has 2 aromatic rings. The molecule has 0 unspecified atom stereocenters. The number of thiazole rings is 1. The summed E-state index contributed by atoms with van der Waals surface area (Å²) in [6, 6.07) is 2.07. The highest BCUT2D eigenvalue weighted by Crippen LogP contribution is 2.38. The smallest absolute Gasteiger partial charge is 0.352 e. The van der Waals surface area contributed by atoms with E-state index in [-0.39, 0.29) is 22.4 Å². The summed E-state index contributed by atoms with van der Waals surface area (Å²) >= 11 is 1.05. The van der Waals surface area contributed by atoms with Crippen LogP contribution in [0.25, 0.3) is 0 Å². The molecule has 0 aromatic carbocycles. The summed E-state index contributed by atoms with van der Waals surface area (Å²) in [6.45, 7) is 0.465. The molecule has 2 fully saturated rings. The molecule has 2 atom stereocenters. The van der Waals surface area contributed by atoms with Gasteiger partial charge in [0.1, 0.15) is 24.5 Å². The molecule has 0 radical (unpaired) electrons. The number of pyridine rings is 1. The number of aliphatic carboxylic acids is 1. The van der Waals surface area contributed by atoms with E-state index in [2.05, 4.69) is 15.5 Å². The maximum Gasteiger partial charge on any atom is 0.352 e. The van der Waals surface area contributed by atoms with E-state index in [1.807, 2.05) is 36.1 Å². The highest BCUT2D eigenvalue weighted by atomic mass is 32.1. The molecule has 196 valence electrons. The minimum atomic E-state index is -1.30. The van der Waals surface area contributed by atoms with Gasteiger partial charge in [0.25, 0.3) is 17.7 Å². The molecule has 0 bridgehead atoms. The average Bonchev–Trinajstić information content (AvgIpc) is 3.48. The number of carboxylic acid groups (broad SMARTS) is 1. The first-order valence-corrected chi connectivity index (χ1v) is 12.6. The fourth-order valence-electron chi connectivity index (χ4n) is 4.93. The van der Waals surface area contributed by atoms with Crippen LogP contribution < -0.4 is 20.5 Å². The summed E-state index contributed by atoms with van der Waals surface area (Å²) in [4.78, 5) is 57.6. The second kappa shape index (κ2) is 9.70. The van der Waals surface area contributed by atoms with Gasteiger partial charge in [-0.25, -0.2) is 14.3 Å². The molecule has 38 heavy (non-hydrogen) atoms. The number of rotatable bonds is 6. The number of anilines is 2. The fourth-order valence-corrected chi connectivity index (χ4v) is 5.48. The molecule has 2 aromatic heterocycles. The van der Waals surface area contributed by atoms with Gasteiger partial charge in [-0.3, -0.25) is 19.3 Å². The van der Waals surface area contributed by atoms with Gasteiger partial charge in [0.2, 0.25) is 0 Å². The van der Waals surface area contributed by atoms with Crippen LogP contribution in [0.1, 0.15) is 25.0 Å². The third-order valence-corrected chi connectivity index (χ3v) is 7.46. The Morgan fingerprint density at radius 2 is 2.03 bits per heavy atom. The lowest BCUT2D eigenvalue weighted by Crippen LogP contribution is -2.72. The lowest BCUT2D eigenvalue weighted by Gasteiger charge is -2.50. The zero-order valence-corrected chi connectivity index (χ0v) is 21.0. The largest absolute Gasteiger partial charge is 0.477 e. The number of carboxylic acids is 1. The number of aryl methyl sites for hydroxylation is 1. The van der Waals surface area contributed by atoms with Crippen molar-refractivity contribution in [3.05, 3.63) is 58.5 Å². The number of hydrogen-bond donors (Lipinski definition) is 4. The molecule has 2 saturated heterocycles. The third-order valence-electron chi connectivity index (χ3n) is 6.79. The van der Waals surface area contributed by atoms with Gasteiger partial charge >= 0.3 is 5.97 Å². The Hall–Kier alpha value is -4.59. The number of β-lactam (4-membered cyclic amide) rings is 1. The van der Waals surface area contributed by atoms with Crippen LogP contribution >= 0.6 is 11.3 Å². The Balaban J connectivity index is 1.35. The molecule has 3 amide bonds. The van der Waals surface area contributed by atoms with Crippen molar-refractivity contribution in [1.82, 2.24) is 15.2 Å². The minimum absolute atomic E-state index is 0.0551. The van der Waals surface area contributed by atoms with Crippen LogP contribution in [0.3, 0.4) is 0 Å². The first-order valence-electron chi connectivity index (χ1n) is 11.7. The number of carbonyl (C=O) groups is 4. The van der Waals surface area contributed by atoms with Gasteiger partial charge in [-0.05, 0) is 30.9 Å². The lowest BCUT2D eigenvalue weighted by molar-refractivity contribution is -0.671. The number of amides is 3. The quantitative estimate of drug-likeness (QED) is 0.0983. The number of nitrogens with one attached hydrogen (secondary N) is 1. The number of oxime groups is 1. The molecule has 0 saturated carbocycles. The predicted octanol–water partition coefficient (Wildman–Crippen LogP) is -0.0805. The Morgan fingerprint density at radius 3 is 2.66 bits per heavy atom. The van der Waals surface area contributed by atoms with Gasteiger partial charge in [-0.1, -0.05) is 5.16 Å². The van der Waals surface area contributed by atoms with Crippen molar-refractivity contribution >= 4 is 51.6 Å². The molecule has 13 nitrogen and oxygen atoms in total. The van der Waals surface area contributed by atoms with E-state index in [4.69, 9.17) is 5.73 Å². The van der Waals surface area contributed by atoms with Crippen LogP contribution in [0.2, 0.25) is 0 Å².